The van der Waals surface area contributed by atoms with E-state index in [1.807, 2.05) is 6.07 Å². The van der Waals surface area contributed by atoms with Gasteiger partial charge >= 0.3 is 6.18 Å². The minimum absolute atomic E-state index is 0.108. The van der Waals surface area contributed by atoms with E-state index >= 15 is 0 Å². The Morgan fingerprint density at radius 1 is 1.35 bits per heavy atom. The number of hydrogen-bond acceptors (Lipinski definition) is 3. The number of alkyl halides is 3. The summed E-state index contributed by atoms with van der Waals surface area (Å²) in [6.07, 6.45) is -3.34. The minimum Gasteiger partial charge on any atom is -0.324 e. The van der Waals surface area contributed by atoms with Crippen LogP contribution in [-0.4, -0.2) is 42.7 Å². The van der Waals surface area contributed by atoms with Crippen LogP contribution in [0.1, 0.15) is 25.7 Å². The van der Waals surface area contributed by atoms with Crippen molar-refractivity contribution in [2.45, 2.75) is 37.9 Å². The van der Waals surface area contributed by atoms with Crippen molar-refractivity contribution >= 4 is 5.91 Å². The fourth-order valence-electron chi connectivity index (χ4n) is 3.03. The normalized spacial score (nSPS) is 31.7. The molecule has 0 aromatic rings. The van der Waals surface area contributed by atoms with Gasteiger partial charge in [-0.2, -0.15) is 18.4 Å². The molecule has 20 heavy (non-hydrogen) atoms. The van der Waals surface area contributed by atoms with E-state index in [2.05, 4.69) is 5.32 Å². The Hall–Kier alpha value is -1.29. The molecular formula is C13H18F3N3O. The van der Waals surface area contributed by atoms with Crippen LogP contribution in [0.5, 0.6) is 0 Å². The number of hydrogen-bond donors (Lipinski definition) is 1. The molecule has 0 aromatic carbocycles. The molecule has 1 N–H and O–H groups in total. The highest BCUT2D eigenvalue weighted by molar-refractivity contribution is 5.79. The lowest BCUT2D eigenvalue weighted by molar-refractivity contribution is -0.187. The van der Waals surface area contributed by atoms with Crippen molar-refractivity contribution in [3.63, 3.8) is 0 Å². The maximum Gasteiger partial charge on any atom is 0.391 e. The standard InChI is InChI=1S/C13H18F3N3O/c14-13(15,16)10-3-1-2-9(6-10)12(20)19-5-4-18-8-11(19)7-17/h9-11,18H,1-6,8H2. The molecule has 0 bridgehead atoms. The zero-order chi connectivity index (χ0) is 14.8. The van der Waals surface area contributed by atoms with E-state index in [-0.39, 0.29) is 18.7 Å². The Balaban J connectivity index is 2.03. The lowest BCUT2D eigenvalue weighted by Crippen LogP contribution is -2.55. The first kappa shape index (κ1) is 15.1. The molecule has 1 heterocycles. The summed E-state index contributed by atoms with van der Waals surface area (Å²) < 4.78 is 38.3. The van der Waals surface area contributed by atoms with E-state index < -0.39 is 24.1 Å². The molecule has 3 unspecified atom stereocenters. The molecule has 7 heteroatoms. The highest BCUT2D eigenvalue weighted by Gasteiger charge is 2.44. The third-order valence-electron chi connectivity index (χ3n) is 4.16. The zero-order valence-corrected chi connectivity index (χ0v) is 11.1. The number of amides is 1. The Kier molecular flexibility index (Phi) is 4.53. The SMILES string of the molecule is N#CC1CNCCN1C(=O)C1CCCC(C(F)(F)F)C1. The van der Waals surface area contributed by atoms with Gasteiger partial charge in [-0.3, -0.25) is 4.79 Å². The molecule has 1 saturated heterocycles. The van der Waals surface area contributed by atoms with Crippen LogP contribution in [0.4, 0.5) is 13.2 Å². The summed E-state index contributed by atoms with van der Waals surface area (Å²) in [5.41, 5.74) is 0. The molecule has 1 aliphatic carbocycles. The smallest absolute Gasteiger partial charge is 0.324 e. The minimum atomic E-state index is -4.23. The number of piperazine rings is 1. The first-order valence-corrected chi connectivity index (χ1v) is 6.91. The molecule has 4 nitrogen and oxygen atoms in total. The second-order valence-electron chi connectivity index (χ2n) is 5.48. The van der Waals surface area contributed by atoms with Gasteiger partial charge in [0.25, 0.3) is 0 Å². The molecule has 2 fully saturated rings. The average molecular weight is 289 g/mol. The van der Waals surface area contributed by atoms with Gasteiger partial charge < -0.3 is 10.2 Å². The number of carbonyl (C=O) groups excluding carboxylic acids is 1. The fraction of sp³-hybridized carbons (Fsp3) is 0.846. The molecule has 2 rings (SSSR count). The summed E-state index contributed by atoms with van der Waals surface area (Å²) in [5, 5.41) is 12.0. The second kappa shape index (κ2) is 6.00. The van der Waals surface area contributed by atoms with Crippen LogP contribution < -0.4 is 5.32 Å². The zero-order valence-electron chi connectivity index (χ0n) is 11.1. The van der Waals surface area contributed by atoms with Crippen molar-refractivity contribution in [1.82, 2.24) is 10.2 Å². The van der Waals surface area contributed by atoms with E-state index in [1.165, 1.54) is 4.90 Å². The summed E-state index contributed by atoms with van der Waals surface area (Å²) in [6.45, 7) is 1.36. The van der Waals surface area contributed by atoms with E-state index in [0.29, 0.717) is 32.5 Å². The third kappa shape index (κ3) is 3.23. The topological polar surface area (TPSA) is 56.1 Å². The van der Waals surface area contributed by atoms with E-state index in [4.69, 9.17) is 5.26 Å². The first-order chi connectivity index (χ1) is 9.43. The highest BCUT2D eigenvalue weighted by atomic mass is 19.4. The number of nitrogens with one attached hydrogen (secondary N) is 1. The summed E-state index contributed by atoms with van der Waals surface area (Å²) in [4.78, 5) is 13.8. The van der Waals surface area contributed by atoms with Crippen molar-refractivity contribution in [3.05, 3.63) is 0 Å². The quantitative estimate of drug-likeness (QED) is 0.799. The van der Waals surface area contributed by atoms with Crippen LogP contribution in [0, 0.1) is 23.2 Å². The van der Waals surface area contributed by atoms with Crippen LogP contribution >= 0.6 is 0 Å². The monoisotopic (exact) mass is 289 g/mol. The van der Waals surface area contributed by atoms with Crippen LogP contribution in [0.2, 0.25) is 0 Å². The molecule has 3 atom stereocenters. The van der Waals surface area contributed by atoms with Gasteiger partial charge in [0.15, 0.2) is 0 Å². The number of halogens is 3. The Morgan fingerprint density at radius 3 is 2.75 bits per heavy atom. The lowest BCUT2D eigenvalue weighted by atomic mass is 9.80. The van der Waals surface area contributed by atoms with Gasteiger partial charge in [-0.1, -0.05) is 6.42 Å². The summed E-state index contributed by atoms with van der Waals surface area (Å²) in [6, 6.07) is 1.47. The molecule has 0 spiro atoms. The van der Waals surface area contributed by atoms with Crippen LogP contribution in [0.25, 0.3) is 0 Å². The van der Waals surface area contributed by atoms with Crippen molar-refractivity contribution in [2.75, 3.05) is 19.6 Å². The van der Waals surface area contributed by atoms with Gasteiger partial charge in [0.1, 0.15) is 6.04 Å². The Bertz CT molecular complexity index is 405. The number of rotatable bonds is 1. The molecule has 1 amide bonds. The molecule has 0 aromatic heterocycles. The van der Waals surface area contributed by atoms with Gasteiger partial charge in [0.2, 0.25) is 5.91 Å². The largest absolute Gasteiger partial charge is 0.391 e. The molecule has 0 radical (unpaired) electrons. The predicted molar refractivity (Wildman–Crippen MR) is 65.5 cm³/mol. The van der Waals surface area contributed by atoms with E-state index in [9.17, 15) is 18.0 Å². The fourth-order valence-corrected chi connectivity index (χ4v) is 3.03. The van der Waals surface area contributed by atoms with Crippen LogP contribution in [0.15, 0.2) is 0 Å². The predicted octanol–water partition coefficient (Wildman–Crippen LogP) is 1.68. The van der Waals surface area contributed by atoms with Gasteiger partial charge in [-0.15, -0.1) is 0 Å². The van der Waals surface area contributed by atoms with Gasteiger partial charge in [-0.05, 0) is 19.3 Å². The molecule has 1 saturated carbocycles. The lowest BCUT2D eigenvalue weighted by Gasteiger charge is -2.37. The van der Waals surface area contributed by atoms with Gasteiger partial charge in [0.05, 0.1) is 12.0 Å². The van der Waals surface area contributed by atoms with Crippen molar-refractivity contribution < 1.29 is 18.0 Å². The third-order valence-corrected chi connectivity index (χ3v) is 4.16. The molecule has 2 aliphatic rings. The van der Waals surface area contributed by atoms with E-state index in [1.54, 1.807) is 0 Å². The van der Waals surface area contributed by atoms with Crippen molar-refractivity contribution in [1.29, 1.82) is 5.26 Å². The second-order valence-corrected chi connectivity index (χ2v) is 5.48. The van der Waals surface area contributed by atoms with Gasteiger partial charge in [0, 0.05) is 25.6 Å². The molecule has 1 aliphatic heterocycles. The molecule has 112 valence electrons. The Morgan fingerprint density at radius 2 is 2.10 bits per heavy atom. The maximum atomic E-state index is 12.8. The Labute approximate surface area is 115 Å². The molecular weight excluding hydrogens is 271 g/mol. The first-order valence-electron chi connectivity index (χ1n) is 6.91. The van der Waals surface area contributed by atoms with Gasteiger partial charge in [-0.25, -0.2) is 0 Å². The summed E-state index contributed by atoms with van der Waals surface area (Å²) in [5.74, 6) is -2.26. The maximum absolute atomic E-state index is 12.8. The summed E-state index contributed by atoms with van der Waals surface area (Å²) >= 11 is 0. The van der Waals surface area contributed by atoms with Crippen molar-refractivity contribution in [2.24, 2.45) is 11.8 Å². The highest BCUT2D eigenvalue weighted by Crippen LogP contribution is 2.40. The number of carbonyl (C=O) groups is 1. The van der Waals surface area contributed by atoms with Crippen LogP contribution in [-0.2, 0) is 4.79 Å². The number of nitrogens with zero attached hydrogens (tertiary/aromatic N) is 2. The van der Waals surface area contributed by atoms with Crippen molar-refractivity contribution in [3.8, 4) is 6.07 Å². The van der Waals surface area contributed by atoms with Crippen LogP contribution in [0.3, 0.4) is 0 Å². The number of nitriles is 1. The summed E-state index contributed by atoms with van der Waals surface area (Å²) in [7, 11) is 0. The average Bonchev–Trinajstić information content (AvgIpc) is 2.45. The van der Waals surface area contributed by atoms with E-state index in [0.717, 1.165) is 0 Å².